The molecule has 0 unspecified atom stereocenters. The quantitative estimate of drug-likeness (QED) is 0.527. The van der Waals surface area contributed by atoms with Crippen molar-refractivity contribution >= 4 is 5.97 Å². The van der Waals surface area contributed by atoms with E-state index in [4.69, 9.17) is 4.74 Å². The van der Waals surface area contributed by atoms with E-state index in [1.807, 2.05) is 85.8 Å². The van der Waals surface area contributed by atoms with Gasteiger partial charge >= 0.3 is 5.97 Å². The van der Waals surface area contributed by atoms with Crippen molar-refractivity contribution < 1.29 is 9.53 Å². The number of rotatable bonds is 6. The molecule has 2 heteroatoms. The van der Waals surface area contributed by atoms with Crippen LogP contribution >= 0.6 is 0 Å². The van der Waals surface area contributed by atoms with Gasteiger partial charge in [-0.1, -0.05) is 91.9 Å². The lowest BCUT2D eigenvalue weighted by molar-refractivity contribution is -0.150. The number of esters is 1. The zero-order chi connectivity index (χ0) is 18.4. The van der Waals surface area contributed by atoms with Gasteiger partial charge in [-0.05, 0) is 35.6 Å². The summed E-state index contributed by atoms with van der Waals surface area (Å²) < 4.78 is 6.00. The van der Waals surface area contributed by atoms with Gasteiger partial charge in [0, 0.05) is 0 Å². The van der Waals surface area contributed by atoms with Crippen LogP contribution in [0, 0.1) is 6.92 Å². The molecule has 0 spiro atoms. The highest BCUT2D eigenvalue weighted by Crippen LogP contribution is 2.31. The van der Waals surface area contributed by atoms with E-state index in [0.717, 1.165) is 28.7 Å². The van der Waals surface area contributed by atoms with E-state index in [0.29, 0.717) is 0 Å². The monoisotopic (exact) mass is 344 g/mol. The zero-order valence-corrected chi connectivity index (χ0v) is 15.3. The van der Waals surface area contributed by atoms with Crippen LogP contribution in [0.4, 0.5) is 0 Å². The maximum Gasteiger partial charge on any atom is 0.318 e. The van der Waals surface area contributed by atoms with E-state index in [1.165, 1.54) is 0 Å². The standard InChI is InChI=1S/C24H24O2/c1-3-22(21-17-11-10-12-18(21)2)26-24(25)23(19-13-6-4-7-14-19)20-15-8-5-9-16-20/h4-17,22-23H,3H2,1-2H3/t22-/m1/s1. The number of aryl methyl sites for hydroxylation is 1. The fraction of sp³-hybridized carbons (Fsp3) is 0.208. The molecule has 0 heterocycles. The summed E-state index contributed by atoms with van der Waals surface area (Å²) in [4.78, 5) is 13.2. The van der Waals surface area contributed by atoms with Gasteiger partial charge in [0.1, 0.15) is 12.0 Å². The molecule has 0 amide bonds. The normalized spacial score (nSPS) is 12.0. The second-order valence-electron chi connectivity index (χ2n) is 6.44. The minimum atomic E-state index is -0.421. The van der Waals surface area contributed by atoms with Crippen LogP contribution in [0.2, 0.25) is 0 Å². The van der Waals surface area contributed by atoms with Crippen LogP contribution < -0.4 is 0 Å². The predicted octanol–water partition coefficient (Wildman–Crippen LogP) is 5.82. The number of hydrogen-bond donors (Lipinski definition) is 0. The molecular weight excluding hydrogens is 320 g/mol. The lowest BCUT2D eigenvalue weighted by atomic mass is 9.91. The summed E-state index contributed by atoms with van der Waals surface area (Å²) >= 11 is 0. The Morgan fingerprint density at radius 2 is 1.31 bits per heavy atom. The third kappa shape index (κ3) is 4.02. The van der Waals surface area contributed by atoms with Gasteiger partial charge in [0.05, 0.1) is 0 Å². The van der Waals surface area contributed by atoms with Gasteiger partial charge in [-0.2, -0.15) is 0 Å². The van der Waals surface area contributed by atoms with Gasteiger partial charge < -0.3 is 4.74 Å². The molecule has 3 aromatic rings. The fourth-order valence-electron chi connectivity index (χ4n) is 3.28. The fourth-order valence-corrected chi connectivity index (χ4v) is 3.28. The molecule has 0 aromatic heterocycles. The third-order valence-corrected chi connectivity index (χ3v) is 4.67. The second kappa shape index (κ2) is 8.48. The van der Waals surface area contributed by atoms with E-state index < -0.39 is 5.92 Å². The van der Waals surface area contributed by atoms with Crippen LogP contribution in [0.25, 0.3) is 0 Å². The molecular formula is C24H24O2. The van der Waals surface area contributed by atoms with Crippen LogP contribution in [0.5, 0.6) is 0 Å². The van der Waals surface area contributed by atoms with Crippen LogP contribution in [-0.2, 0) is 9.53 Å². The van der Waals surface area contributed by atoms with Crippen molar-refractivity contribution in [3.05, 3.63) is 107 Å². The SMILES string of the molecule is CC[C@@H](OC(=O)C(c1ccccc1)c1ccccc1)c1ccccc1C. The summed E-state index contributed by atoms with van der Waals surface area (Å²) in [6, 6.07) is 27.7. The van der Waals surface area contributed by atoms with Gasteiger partial charge in [0.15, 0.2) is 0 Å². The Hall–Kier alpha value is -2.87. The van der Waals surface area contributed by atoms with E-state index >= 15 is 0 Å². The topological polar surface area (TPSA) is 26.3 Å². The number of hydrogen-bond acceptors (Lipinski definition) is 2. The van der Waals surface area contributed by atoms with E-state index in [9.17, 15) is 4.79 Å². The number of benzene rings is 3. The van der Waals surface area contributed by atoms with Gasteiger partial charge in [-0.3, -0.25) is 4.79 Å². The van der Waals surface area contributed by atoms with Crippen LogP contribution in [0.1, 0.15) is 47.6 Å². The largest absolute Gasteiger partial charge is 0.457 e. The lowest BCUT2D eigenvalue weighted by Gasteiger charge is -2.23. The Bertz CT molecular complexity index is 801. The lowest BCUT2D eigenvalue weighted by Crippen LogP contribution is -2.20. The molecule has 0 aliphatic rings. The Morgan fingerprint density at radius 3 is 1.81 bits per heavy atom. The summed E-state index contributed by atoms with van der Waals surface area (Å²) in [7, 11) is 0. The summed E-state index contributed by atoms with van der Waals surface area (Å²) in [5, 5.41) is 0. The van der Waals surface area contributed by atoms with Crippen molar-refractivity contribution in [2.75, 3.05) is 0 Å². The minimum Gasteiger partial charge on any atom is -0.457 e. The van der Waals surface area contributed by atoms with Gasteiger partial charge in [-0.15, -0.1) is 0 Å². The molecule has 0 aliphatic carbocycles. The second-order valence-corrected chi connectivity index (χ2v) is 6.44. The van der Waals surface area contributed by atoms with Crippen molar-refractivity contribution in [2.45, 2.75) is 32.3 Å². The summed E-state index contributed by atoms with van der Waals surface area (Å²) in [6.45, 7) is 4.10. The maximum absolute atomic E-state index is 13.2. The summed E-state index contributed by atoms with van der Waals surface area (Å²) in [6.07, 6.45) is 0.506. The van der Waals surface area contributed by atoms with E-state index in [-0.39, 0.29) is 12.1 Å². The molecule has 0 saturated heterocycles. The molecule has 1 atom stereocenters. The molecule has 0 radical (unpaired) electrons. The average molecular weight is 344 g/mol. The summed E-state index contributed by atoms with van der Waals surface area (Å²) in [5.74, 6) is -0.632. The number of carbonyl (C=O) groups excluding carboxylic acids is 1. The molecule has 132 valence electrons. The van der Waals surface area contributed by atoms with Gasteiger partial charge in [0.25, 0.3) is 0 Å². The molecule has 0 bridgehead atoms. The first-order valence-electron chi connectivity index (χ1n) is 9.06. The number of carbonyl (C=O) groups is 1. The van der Waals surface area contributed by atoms with Crippen LogP contribution in [0.3, 0.4) is 0 Å². The first-order chi connectivity index (χ1) is 12.7. The van der Waals surface area contributed by atoms with E-state index in [2.05, 4.69) is 13.0 Å². The highest BCUT2D eigenvalue weighted by molar-refractivity contribution is 5.82. The van der Waals surface area contributed by atoms with Crippen molar-refractivity contribution in [3.63, 3.8) is 0 Å². The van der Waals surface area contributed by atoms with Crippen molar-refractivity contribution in [3.8, 4) is 0 Å². The number of ether oxygens (including phenoxy) is 1. The Balaban J connectivity index is 1.92. The van der Waals surface area contributed by atoms with Crippen LogP contribution in [-0.4, -0.2) is 5.97 Å². The van der Waals surface area contributed by atoms with Crippen LogP contribution in [0.15, 0.2) is 84.9 Å². The average Bonchev–Trinajstić information content (AvgIpc) is 2.69. The summed E-state index contributed by atoms with van der Waals surface area (Å²) in [5.41, 5.74) is 4.11. The molecule has 0 saturated carbocycles. The Morgan fingerprint density at radius 1 is 0.808 bits per heavy atom. The molecule has 2 nitrogen and oxygen atoms in total. The molecule has 0 N–H and O–H groups in total. The highest BCUT2D eigenvalue weighted by atomic mass is 16.5. The van der Waals surface area contributed by atoms with Crippen molar-refractivity contribution in [2.24, 2.45) is 0 Å². The zero-order valence-electron chi connectivity index (χ0n) is 15.3. The molecule has 0 aliphatic heterocycles. The molecule has 3 rings (SSSR count). The first-order valence-corrected chi connectivity index (χ1v) is 9.06. The molecule has 3 aromatic carbocycles. The molecule has 0 fully saturated rings. The Labute approximate surface area is 155 Å². The molecule has 26 heavy (non-hydrogen) atoms. The Kier molecular flexibility index (Phi) is 5.85. The highest BCUT2D eigenvalue weighted by Gasteiger charge is 2.27. The van der Waals surface area contributed by atoms with Crippen molar-refractivity contribution in [1.29, 1.82) is 0 Å². The minimum absolute atomic E-state index is 0.211. The maximum atomic E-state index is 13.2. The van der Waals surface area contributed by atoms with Gasteiger partial charge in [-0.25, -0.2) is 0 Å². The first kappa shape index (κ1) is 17.9. The van der Waals surface area contributed by atoms with Gasteiger partial charge in [0.2, 0.25) is 0 Å². The third-order valence-electron chi connectivity index (χ3n) is 4.67. The predicted molar refractivity (Wildman–Crippen MR) is 105 cm³/mol. The smallest absolute Gasteiger partial charge is 0.318 e. The van der Waals surface area contributed by atoms with Crippen molar-refractivity contribution in [1.82, 2.24) is 0 Å². The van der Waals surface area contributed by atoms with E-state index in [1.54, 1.807) is 0 Å².